The minimum Gasteiger partial charge on any atom is -0.385 e. The van der Waals surface area contributed by atoms with E-state index in [1.807, 2.05) is 11.8 Å². The molecule has 1 fully saturated rings. The fourth-order valence-electron chi connectivity index (χ4n) is 3.47. The number of nitrogens with one attached hydrogen (secondary N) is 1. The van der Waals surface area contributed by atoms with E-state index < -0.39 is 10.0 Å². The number of methoxy groups -OCH3 is 1. The molecule has 1 aliphatic carbocycles. The van der Waals surface area contributed by atoms with E-state index in [9.17, 15) is 13.2 Å². The first-order valence-electron chi connectivity index (χ1n) is 8.88. The van der Waals surface area contributed by atoms with Crippen LogP contribution in [0.3, 0.4) is 0 Å². The van der Waals surface area contributed by atoms with E-state index in [4.69, 9.17) is 4.74 Å². The van der Waals surface area contributed by atoms with Gasteiger partial charge in [-0.05, 0) is 56.4 Å². The number of nitrogens with zero attached hydrogens (tertiary/aromatic N) is 1. The highest BCUT2D eigenvalue weighted by Gasteiger charge is 2.37. The highest BCUT2D eigenvalue weighted by atomic mass is 32.2. The minimum atomic E-state index is -3.54. The first-order chi connectivity index (χ1) is 11.9. The molecule has 2 aliphatic rings. The topological polar surface area (TPSA) is 75.7 Å². The third kappa shape index (κ3) is 3.73. The van der Waals surface area contributed by atoms with Crippen molar-refractivity contribution in [3.8, 4) is 0 Å². The number of sulfonamides is 1. The second-order valence-electron chi connectivity index (χ2n) is 6.92. The number of rotatable bonds is 7. The van der Waals surface area contributed by atoms with Gasteiger partial charge < -0.3 is 9.64 Å². The van der Waals surface area contributed by atoms with Gasteiger partial charge in [0.1, 0.15) is 0 Å². The lowest BCUT2D eigenvalue weighted by atomic mass is 9.84. The van der Waals surface area contributed by atoms with Gasteiger partial charge in [0.15, 0.2) is 0 Å². The van der Waals surface area contributed by atoms with Crippen LogP contribution in [0, 0.1) is 5.92 Å². The van der Waals surface area contributed by atoms with E-state index in [1.54, 1.807) is 25.3 Å². The fraction of sp³-hybridized carbons (Fsp3) is 0.611. The van der Waals surface area contributed by atoms with E-state index in [1.165, 1.54) is 0 Å². The second-order valence-corrected chi connectivity index (χ2v) is 8.69. The van der Waals surface area contributed by atoms with E-state index in [2.05, 4.69) is 4.72 Å². The molecule has 0 radical (unpaired) electrons. The molecule has 6 nitrogen and oxygen atoms in total. The summed E-state index contributed by atoms with van der Waals surface area (Å²) in [5.41, 5.74) is 1.79. The Morgan fingerprint density at radius 3 is 2.76 bits per heavy atom. The van der Waals surface area contributed by atoms with E-state index in [-0.39, 0.29) is 22.8 Å². The van der Waals surface area contributed by atoms with Crippen LogP contribution in [0.5, 0.6) is 0 Å². The van der Waals surface area contributed by atoms with Crippen LogP contribution in [0.4, 0.5) is 5.69 Å². The molecule has 1 N–H and O–H groups in total. The Labute approximate surface area is 149 Å². The molecule has 1 heterocycles. The van der Waals surface area contributed by atoms with Crippen LogP contribution in [0.2, 0.25) is 0 Å². The van der Waals surface area contributed by atoms with Gasteiger partial charge >= 0.3 is 0 Å². The SMILES string of the molecule is COCCCNS(=O)(=O)c1ccc2c(c1)C[C@@H](C)N2C(=O)C1CCC1. The molecule has 0 bridgehead atoms. The molecule has 3 rings (SSSR count). The molecule has 7 heteroatoms. The Kier molecular flexibility index (Phi) is 5.46. The van der Waals surface area contributed by atoms with Crippen molar-refractivity contribution in [1.29, 1.82) is 0 Å². The van der Waals surface area contributed by atoms with Gasteiger partial charge in [-0.25, -0.2) is 13.1 Å². The van der Waals surface area contributed by atoms with Gasteiger partial charge in [0.2, 0.25) is 15.9 Å². The summed E-state index contributed by atoms with van der Waals surface area (Å²) < 4.78 is 32.4. The van der Waals surface area contributed by atoms with E-state index in [0.717, 1.165) is 30.5 Å². The Hall–Kier alpha value is -1.44. The van der Waals surface area contributed by atoms with Crippen molar-refractivity contribution < 1.29 is 17.9 Å². The van der Waals surface area contributed by atoms with Crippen molar-refractivity contribution in [3.63, 3.8) is 0 Å². The maximum Gasteiger partial charge on any atom is 0.240 e. The third-order valence-electron chi connectivity index (χ3n) is 5.09. The molecule has 0 spiro atoms. The molecule has 1 amide bonds. The van der Waals surface area contributed by atoms with Crippen molar-refractivity contribution in [1.82, 2.24) is 4.72 Å². The smallest absolute Gasteiger partial charge is 0.240 e. The van der Waals surface area contributed by atoms with Gasteiger partial charge in [-0.2, -0.15) is 0 Å². The van der Waals surface area contributed by atoms with Crippen LogP contribution in [-0.2, 0) is 26.0 Å². The Morgan fingerprint density at radius 1 is 1.36 bits per heavy atom. The van der Waals surface area contributed by atoms with Crippen molar-refractivity contribution in [2.24, 2.45) is 5.92 Å². The molecule has 0 aromatic heterocycles. The molecule has 1 atom stereocenters. The molecule has 0 saturated heterocycles. The fourth-order valence-corrected chi connectivity index (χ4v) is 4.59. The van der Waals surface area contributed by atoms with E-state index in [0.29, 0.717) is 26.0 Å². The molecule has 25 heavy (non-hydrogen) atoms. The molecular formula is C18H26N2O4S. The number of hydrogen-bond donors (Lipinski definition) is 1. The average Bonchev–Trinajstić information content (AvgIpc) is 2.84. The van der Waals surface area contributed by atoms with Gasteiger partial charge in [-0.15, -0.1) is 0 Å². The van der Waals surface area contributed by atoms with Gasteiger partial charge in [0.05, 0.1) is 4.90 Å². The number of anilines is 1. The van der Waals surface area contributed by atoms with Crippen molar-refractivity contribution in [2.75, 3.05) is 25.2 Å². The normalized spacial score (nSPS) is 20.4. The van der Waals surface area contributed by atoms with Crippen LogP contribution >= 0.6 is 0 Å². The Balaban J connectivity index is 1.76. The van der Waals surface area contributed by atoms with Gasteiger partial charge in [0.25, 0.3) is 0 Å². The zero-order valence-corrected chi connectivity index (χ0v) is 15.6. The summed E-state index contributed by atoms with van der Waals surface area (Å²) in [5.74, 6) is 0.324. The van der Waals surface area contributed by atoms with E-state index >= 15 is 0 Å². The monoisotopic (exact) mass is 366 g/mol. The third-order valence-corrected chi connectivity index (χ3v) is 6.54. The number of amides is 1. The Bertz CT molecular complexity index is 743. The van der Waals surface area contributed by atoms with Crippen LogP contribution in [0.15, 0.2) is 23.1 Å². The average molecular weight is 366 g/mol. The maximum atomic E-state index is 12.7. The number of hydrogen-bond acceptors (Lipinski definition) is 4. The molecule has 1 aromatic rings. The largest absolute Gasteiger partial charge is 0.385 e. The second kappa shape index (κ2) is 7.43. The quantitative estimate of drug-likeness (QED) is 0.750. The number of carbonyl (C=O) groups is 1. The lowest BCUT2D eigenvalue weighted by Crippen LogP contribution is -2.42. The summed E-state index contributed by atoms with van der Waals surface area (Å²) >= 11 is 0. The first kappa shape index (κ1) is 18.4. The zero-order valence-electron chi connectivity index (χ0n) is 14.8. The molecule has 138 valence electrons. The van der Waals surface area contributed by atoms with Gasteiger partial charge in [-0.1, -0.05) is 6.42 Å². The lowest BCUT2D eigenvalue weighted by Gasteiger charge is -2.32. The lowest BCUT2D eigenvalue weighted by molar-refractivity contribution is -0.125. The molecule has 1 aromatic carbocycles. The summed E-state index contributed by atoms with van der Waals surface area (Å²) in [4.78, 5) is 14.8. The van der Waals surface area contributed by atoms with Crippen LogP contribution in [0.1, 0.15) is 38.2 Å². The number of ether oxygens (including phenoxy) is 1. The van der Waals surface area contributed by atoms with Crippen LogP contribution in [-0.4, -0.2) is 40.6 Å². The maximum absolute atomic E-state index is 12.7. The minimum absolute atomic E-state index is 0.0794. The van der Waals surface area contributed by atoms with Gasteiger partial charge in [-0.3, -0.25) is 4.79 Å². The predicted molar refractivity (Wildman–Crippen MR) is 96.1 cm³/mol. The summed E-state index contributed by atoms with van der Waals surface area (Å²) in [6.07, 6.45) is 4.38. The summed E-state index contributed by atoms with van der Waals surface area (Å²) in [6.45, 7) is 2.88. The summed E-state index contributed by atoms with van der Waals surface area (Å²) in [7, 11) is -1.95. The zero-order chi connectivity index (χ0) is 18.0. The summed E-state index contributed by atoms with van der Waals surface area (Å²) in [5, 5.41) is 0. The molecular weight excluding hydrogens is 340 g/mol. The number of benzene rings is 1. The molecule has 1 aliphatic heterocycles. The van der Waals surface area contributed by atoms with Crippen molar-refractivity contribution in [2.45, 2.75) is 50.0 Å². The number of carbonyl (C=O) groups excluding carboxylic acids is 1. The molecule has 0 unspecified atom stereocenters. The Morgan fingerprint density at radius 2 is 2.12 bits per heavy atom. The predicted octanol–water partition coefficient (Wildman–Crippen LogP) is 2.08. The highest BCUT2D eigenvalue weighted by Crippen LogP contribution is 2.38. The first-order valence-corrected chi connectivity index (χ1v) is 10.4. The highest BCUT2D eigenvalue weighted by molar-refractivity contribution is 7.89. The standard InChI is InChI=1S/C18H26N2O4S/c1-13-11-15-12-16(25(22,23)19-9-4-10-24-2)7-8-17(15)20(13)18(21)14-5-3-6-14/h7-8,12-14,19H,3-6,9-11H2,1-2H3/t13-/m1/s1. The van der Waals surface area contributed by atoms with Crippen molar-refractivity contribution in [3.05, 3.63) is 23.8 Å². The van der Waals surface area contributed by atoms with Crippen molar-refractivity contribution >= 4 is 21.6 Å². The number of fused-ring (bicyclic) bond motifs is 1. The molecule has 1 saturated carbocycles. The van der Waals surface area contributed by atoms with Gasteiger partial charge in [0, 0.05) is 37.9 Å². The summed E-state index contributed by atoms with van der Waals surface area (Å²) in [6, 6.07) is 5.16. The van der Waals surface area contributed by atoms with Crippen LogP contribution in [0.25, 0.3) is 0 Å². The van der Waals surface area contributed by atoms with Crippen LogP contribution < -0.4 is 9.62 Å².